The second kappa shape index (κ2) is 7.69. The maximum atomic E-state index is 10.1. The van der Waals surface area contributed by atoms with E-state index in [-0.39, 0.29) is 6.10 Å². The summed E-state index contributed by atoms with van der Waals surface area (Å²) in [4.78, 5) is 0. The minimum atomic E-state index is -0.138. The number of hydrogen-bond acceptors (Lipinski definition) is 1. The van der Waals surface area contributed by atoms with Gasteiger partial charge in [0.05, 0.1) is 6.10 Å². The van der Waals surface area contributed by atoms with Gasteiger partial charge in [-0.1, -0.05) is 58.0 Å². The van der Waals surface area contributed by atoms with Crippen LogP contribution in [0.4, 0.5) is 0 Å². The molecule has 1 nitrogen and oxygen atoms in total. The van der Waals surface area contributed by atoms with Crippen molar-refractivity contribution in [2.45, 2.75) is 65.9 Å². The Labute approximate surface area is 119 Å². The summed E-state index contributed by atoms with van der Waals surface area (Å²) in [6, 6.07) is 10.5. The second-order valence-electron chi connectivity index (χ2n) is 7.14. The van der Waals surface area contributed by atoms with Gasteiger partial charge in [-0.25, -0.2) is 0 Å². The van der Waals surface area contributed by atoms with E-state index in [1.165, 1.54) is 12.0 Å². The van der Waals surface area contributed by atoms with Gasteiger partial charge in [-0.05, 0) is 49.0 Å². The minimum absolute atomic E-state index is 0.138. The van der Waals surface area contributed by atoms with Crippen molar-refractivity contribution in [2.75, 3.05) is 0 Å². The van der Waals surface area contributed by atoms with E-state index in [0.717, 1.165) is 25.7 Å². The first-order valence-corrected chi connectivity index (χ1v) is 7.59. The molecule has 0 aliphatic rings. The first-order valence-electron chi connectivity index (χ1n) is 7.59. The van der Waals surface area contributed by atoms with E-state index < -0.39 is 0 Å². The van der Waals surface area contributed by atoms with Crippen molar-refractivity contribution in [1.82, 2.24) is 0 Å². The molecule has 108 valence electrons. The second-order valence-corrected chi connectivity index (χ2v) is 7.14. The molecule has 1 rings (SSSR count). The first-order chi connectivity index (χ1) is 8.87. The molecule has 1 aromatic rings. The zero-order valence-corrected chi connectivity index (χ0v) is 13.0. The Balaban J connectivity index is 2.19. The smallest absolute Gasteiger partial charge is 0.0543 e. The van der Waals surface area contributed by atoms with Crippen LogP contribution in [0.3, 0.4) is 0 Å². The van der Waals surface area contributed by atoms with Gasteiger partial charge < -0.3 is 5.11 Å². The van der Waals surface area contributed by atoms with Gasteiger partial charge in [-0.3, -0.25) is 0 Å². The van der Waals surface area contributed by atoms with Crippen LogP contribution in [0.2, 0.25) is 0 Å². The Morgan fingerprint density at radius 1 is 1.11 bits per heavy atom. The first kappa shape index (κ1) is 16.2. The van der Waals surface area contributed by atoms with Gasteiger partial charge in [0.25, 0.3) is 0 Å². The molecular weight excluding hydrogens is 232 g/mol. The van der Waals surface area contributed by atoms with Crippen LogP contribution in [0.5, 0.6) is 0 Å². The number of hydrogen-bond donors (Lipinski definition) is 1. The van der Waals surface area contributed by atoms with Crippen LogP contribution < -0.4 is 0 Å². The Morgan fingerprint density at radius 3 is 2.32 bits per heavy atom. The summed E-state index contributed by atoms with van der Waals surface area (Å²) < 4.78 is 0. The van der Waals surface area contributed by atoms with Gasteiger partial charge in [-0.15, -0.1) is 0 Å². The quantitative estimate of drug-likeness (QED) is 0.746. The molecule has 0 aromatic heterocycles. The average Bonchev–Trinajstić information content (AvgIpc) is 2.27. The van der Waals surface area contributed by atoms with Gasteiger partial charge in [0.1, 0.15) is 0 Å². The summed E-state index contributed by atoms with van der Waals surface area (Å²) in [5.41, 5.74) is 1.74. The number of aliphatic hydroxyl groups is 1. The van der Waals surface area contributed by atoms with Gasteiger partial charge in [0.2, 0.25) is 0 Å². The lowest BCUT2D eigenvalue weighted by Gasteiger charge is -2.24. The highest BCUT2D eigenvalue weighted by Crippen LogP contribution is 2.27. The van der Waals surface area contributed by atoms with Crippen LogP contribution in [0.15, 0.2) is 30.3 Å². The lowest BCUT2D eigenvalue weighted by Crippen LogP contribution is -2.17. The van der Waals surface area contributed by atoms with Crippen LogP contribution in [0.1, 0.15) is 58.9 Å². The van der Waals surface area contributed by atoms with Crippen LogP contribution in [0, 0.1) is 11.3 Å². The Morgan fingerprint density at radius 2 is 1.74 bits per heavy atom. The lowest BCUT2D eigenvalue weighted by molar-refractivity contribution is 0.122. The van der Waals surface area contributed by atoms with Crippen LogP contribution >= 0.6 is 0 Å². The van der Waals surface area contributed by atoms with Gasteiger partial charge in [0.15, 0.2) is 0 Å². The predicted molar refractivity (Wildman–Crippen MR) is 83.2 cm³/mol. The topological polar surface area (TPSA) is 20.2 Å². The van der Waals surface area contributed by atoms with Crippen molar-refractivity contribution in [1.29, 1.82) is 0 Å². The van der Waals surface area contributed by atoms with E-state index in [4.69, 9.17) is 0 Å². The summed E-state index contributed by atoms with van der Waals surface area (Å²) in [6.07, 6.45) is 5.05. The van der Waals surface area contributed by atoms with Gasteiger partial charge in [0, 0.05) is 0 Å². The molecule has 2 atom stereocenters. The largest absolute Gasteiger partial charge is 0.393 e. The highest BCUT2D eigenvalue weighted by atomic mass is 16.3. The summed E-state index contributed by atoms with van der Waals surface area (Å²) in [5, 5.41) is 10.1. The number of benzene rings is 1. The third kappa shape index (κ3) is 8.05. The van der Waals surface area contributed by atoms with E-state index in [9.17, 15) is 5.11 Å². The molecule has 0 aliphatic carbocycles. The van der Waals surface area contributed by atoms with Gasteiger partial charge >= 0.3 is 0 Å². The number of aryl methyl sites for hydroxylation is 1. The molecule has 1 heteroatoms. The fraction of sp³-hybridized carbons (Fsp3) is 0.667. The Hall–Kier alpha value is -0.820. The third-order valence-corrected chi connectivity index (χ3v) is 3.48. The third-order valence-electron chi connectivity index (χ3n) is 3.48. The van der Waals surface area contributed by atoms with E-state index >= 15 is 0 Å². The predicted octanol–water partition coefficient (Wildman–Crippen LogP) is 4.83. The molecule has 0 bridgehead atoms. The molecule has 0 fully saturated rings. The molecule has 0 heterocycles. The SMILES string of the molecule is CC(CC(O)CCCc1ccccc1)CC(C)(C)C. The standard InChI is InChI=1S/C18H30O/c1-15(14-18(2,3)4)13-17(19)12-8-11-16-9-6-5-7-10-16/h5-7,9-10,15,17,19H,8,11-14H2,1-4H3. The van der Waals surface area contributed by atoms with Crippen molar-refractivity contribution < 1.29 is 5.11 Å². The van der Waals surface area contributed by atoms with Crippen LogP contribution in [-0.2, 0) is 6.42 Å². The monoisotopic (exact) mass is 262 g/mol. The molecule has 0 amide bonds. The van der Waals surface area contributed by atoms with E-state index in [1.807, 2.05) is 6.07 Å². The zero-order chi connectivity index (χ0) is 14.3. The van der Waals surface area contributed by atoms with Crippen molar-refractivity contribution in [3.05, 3.63) is 35.9 Å². The lowest BCUT2D eigenvalue weighted by atomic mass is 9.83. The number of aliphatic hydroxyl groups excluding tert-OH is 1. The van der Waals surface area contributed by atoms with Crippen LogP contribution in [0.25, 0.3) is 0 Å². The maximum absolute atomic E-state index is 10.1. The zero-order valence-electron chi connectivity index (χ0n) is 13.0. The van der Waals surface area contributed by atoms with E-state index in [0.29, 0.717) is 11.3 Å². The fourth-order valence-electron chi connectivity index (χ4n) is 2.90. The Bertz CT molecular complexity index is 336. The van der Waals surface area contributed by atoms with Crippen molar-refractivity contribution >= 4 is 0 Å². The summed E-state index contributed by atoms with van der Waals surface area (Å²) in [6.45, 7) is 9.06. The molecular formula is C18H30O. The Kier molecular flexibility index (Phi) is 6.57. The van der Waals surface area contributed by atoms with Crippen LogP contribution in [-0.4, -0.2) is 11.2 Å². The highest BCUT2D eigenvalue weighted by Gasteiger charge is 2.17. The van der Waals surface area contributed by atoms with Crippen molar-refractivity contribution in [3.63, 3.8) is 0 Å². The molecule has 0 saturated heterocycles. The van der Waals surface area contributed by atoms with E-state index in [2.05, 4.69) is 52.0 Å². The highest BCUT2D eigenvalue weighted by molar-refractivity contribution is 5.14. The summed E-state index contributed by atoms with van der Waals surface area (Å²) >= 11 is 0. The van der Waals surface area contributed by atoms with Gasteiger partial charge in [-0.2, -0.15) is 0 Å². The molecule has 1 aromatic carbocycles. The maximum Gasteiger partial charge on any atom is 0.0543 e. The molecule has 0 spiro atoms. The molecule has 2 unspecified atom stereocenters. The summed E-state index contributed by atoms with van der Waals surface area (Å²) in [7, 11) is 0. The molecule has 0 saturated carbocycles. The average molecular weight is 262 g/mol. The molecule has 0 radical (unpaired) electrons. The normalized spacial score (nSPS) is 15.2. The number of rotatable bonds is 7. The molecule has 19 heavy (non-hydrogen) atoms. The minimum Gasteiger partial charge on any atom is -0.393 e. The summed E-state index contributed by atoms with van der Waals surface area (Å²) in [5.74, 6) is 0.603. The van der Waals surface area contributed by atoms with Crippen molar-refractivity contribution in [2.24, 2.45) is 11.3 Å². The fourth-order valence-corrected chi connectivity index (χ4v) is 2.90. The molecule has 0 aliphatic heterocycles. The van der Waals surface area contributed by atoms with Crippen molar-refractivity contribution in [3.8, 4) is 0 Å². The van der Waals surface area contributed by atoms with E-state index in [1.54, 1.807) is 0 Å². The molecule has 1 N–H and O–H groups in total.